The highest BCUT2D eigenvalue weighted by Gasteiger charge is 2.13. The van der Waals surface area contributed by atoms with Gasteiger partial charge in [-0.05, 0) is 53.7 Å². The number of benzene rings is 1. The number of hydrogen-bond donors (Lipinski definition) is 2. The number of nitrogens with zero attached hydrogens (tertiary/aromatic N) is 1. The van der Waals surface area contributed by atoms with Gasteiger partial charge in [0.2, 0.25) is 0 Å². The average Bonchev–Trinajstić information content (AvgIpc) is 3.07. The Balaban J connectivity index is 1.92. The van der Waals surface area contributed by atoms with E-state index in [9.17, 15) is 4.79 Å². The maximum absolute atomic E-state index is 12.5. The van der Waals surface area contributed by atoms with E-state index in [4.69, 9.17) is 12.2 Å². The van der Waals surface area contributed by atoms with E-state index in [1.165, 1.54) is 4.88 Å². The Labute approximate surface area is 150 Å². The van der Waals surface area contributed by atoms with Crippen molar-refractivity contribution in [3.8, 4) is 0 Å². The van der Waals surface area contributed by atoms with Gasteiger partial charge in [0.1, 0.15) is 0 Å². The highest BCUT2D eigenvalue weighted by atomic mass is 32.1. The van der Waals surface area contributed by atoms with Gasteiger partial charge in [0, 0.05) is 23.0 Å². The number of aryl methyl sites for hydroxylation is 1. The summed E-state index contributed by atoms with van der Waals surface area (Å²) in [5.74, 6) is 0. The second-order valence-corrected chi connectivity index (χ2v) is 7.12. The monoisotopic (exact) mass is 357 g/mol. The minimum Gasteiger partial charge on any atom is -0.366 e. The van der Waals surface area contributed by atoms with Gasteiger partial charge in [0.05, 0.1) is 13.1 Å². The maximum Gasteiger partial charge on any atom is 0.253 e. The minimum absolute atomic E-state index is 0.0665. The number of thiocarbonyl (C=S) groups is 1. The third-order valence-electron chi connectivity index (χ3n) is 3.87. The maximum atomic E-state index is 12.5. The Morgan fingerprint density at radius 2 is 2.12 bits per heavy atom. The number of fused-ring (bicyclic) bond motifs is 1. The summed E-state index contributed by atoms with van der Waals surface area (Å²) in [5, 5.41) is 6.71. The van der Waals surface area contributed by atoms with Crippen LogP contribution in [0, 0.1) is 6.92 Å². The molecule has 24 heavy (non-hydrogen) atoms. The minimum atomic E-state index is -0.0665. The van der Waals surface area contributed by atoms with Gasteiger partial charge in [0.25, 0.3) is 5.56 Å². The van der Waals surface area contributed by atoms with Crippen molar-refractivity contribution in [2.24, 2.45) is 0 Å². The molecule has 2 heterocycles. The average molecular weight is 358 g/mol. The van der Waals surface area contributed by atoms with Gasteiger partial charge < -0.3 is 15.2 Å². The van der Waals surface area contributed by atoms with Crippen LogP contribution in [-0.4, -0.2) is 22.0 Å². The Hall–Kier alpha value is -2.18. The van der Waals surface area contributed by atoms with Crippen LogP contribution in [0.4, 0.5) is 0 Å². The Kier molecular flexibility index (Phi) is 4.97. The van der Waals surface area contributed by atoms with E-state index < -0.39 is 0 Å². The normalized spacial score (nSPS) is 10.8. The number of pyridine rings is 1. The summed E-state index contributed by atoms with van der Waals surface area (Å²) < 4.78 is 0. The molecule has 0 aliphatic heterocycles. The fourth-order valence-corrected chi connectivity index (χ4v) is 3.48. The second kappa shape index (κ2) is 7.15. The number of rotatable bonds is 4. The topological polar surface area (TPSA) is 48.1 Å². The van der Waals surface area contributed by atoms with Crippen molar-refractivity contribution in [2.75, 3.05) is 7.05 Å². The van der Waals surface area contributed by atoms with Crippen LogP contribution in [0.25, 0.3) is 10.9 Å². The van der Waals surface area contributed by atoms with Gasteiger partial charge in [-0.2, -0.15) is 0 Å². The van der Waals surface area contributed by atoms with E-state index >= 15 is 0 Å². The first-order valence-corrected chi connectivity index (χ1v) is 8.97. The van der Waals surface area contributed by atoms with Crippen molar-refractivity contribution < 1.29 is 0 Å². The molecule has 0 atom stereocenters. The SMILES string of the molecule is CNC(=S)N(Cc1cccs1)Cc1cc2ccc(C)cc2[nH]c1=O. The fourth-order valence-electron chi connectivity index (χ4n) is 2.63. The molecule has 6 heteroatoms. The Morgan fingerprint density at radius 3 is 2.83 bits per heavy atom. The lowest BCUT2D eigenvalue weighted by molar-refractivity contribution is 0.404. The largest absolute Gasteiger partial charge is 0.366 e. The molecule has 0 unspecified atom stereocenters. The lowest BCUT2D eigenvalue weighted by Gasteiger charge is -2.24. The Bertz CT molecular complexity index is 916. The Morgan fingerprint density at radius 1 is 1.29 bits per heavy atom. The highest BCUT2D eigenvalue weighted by molar-refractivity contribution is 7.80. The molecule has 0 radical (unpaired) electrons. The zero-order valence-electron chi connectivity index (χ0n) is 13.6. The predicted octanol–water partition coefficient (Wildman–Crippen LogP) is 3.40. The summed E-state index contributed by atoms with van der Waals surface area (Å²) in [6.07, 6.45) is 0. The van der Waals surface area contributed by atoms with Crippen LogP contribution in [0.2, 0.25) is 0 Å². The summed E-state index contributed by atoms with van der Waals surface area (Å²) in [5.41, 5.74) is 2.63. The molecule has 1 aromatic carbocycles. The standard InChI is InChI=1S/C18H19N3OS2/c1-12-5-6-13-9-14(17(22)20-16(13)8-12)10-21(18(23)19-2)11-15-4-3-7-24-15/h3-9H,10-11H2,1-2H3,(H,19,23)(H,20,22). The molecule has 2 N–H and O–H groups in total. The smallest absolute Gasteiger partial charge is 0.253 e. The van der Waals surface area contributed by atoms with Crippen LogP contribution in [0.3, 0.4) is 0 Å². The van der Waals surface area contributed by atoms with E-state index in [0.29, 0.717) is 23.8 Å². The number of H-pyrrole nitrogens is 1. The molecule has 0 aliphatic rings. The first-order valence-electron chi connectivity index (χ1n) is 7.68. The molecule has 3 aromatic rings. The van der Waals surface area contributed by atoms with Crippen LogP contribution in [0.15, 0.2) is 46.6 Å². The number of aromatic nitrogens is 1. The molecule has 4 nitrogen and oxygen atoms in total. The molecular weight excluding hydrogens is 338 g/mol. The van der Waals surface area contributed by atoms with E-state index in [-0.39, 0.29) is 5.56 Å². The first-order chi connectivity index (χ1) is 11.6. The summed E-state index contributed by atoms with van der Waals surface area (Å²) in [4.78, 5) is 18.6. The van der Waals surface area contributed by atoms with Gasteiger partial charge >= 0.3 is 0 Å². The zero-order valence-corrected chi connectivity index (χ0v) is 15.3. The van der Waals surface area contributed by atoms with E-state index in [1.807, 2.05) is 47.5 Å². The van der Waals surface area contributed by atoms with Gasteiger partial charge in [-0.3, -0.25) is 4.79 Å². The molecule has 0 bridgehead atoms. The van der Waals surface area contributed by atoms with E-state index in [0.717, 1.165) is 16.5 Å². The van der Waals surface area contributed by atoms with E-state index in [2.05, 4.69) is 16.4 Å². The number of hydrogen-bond acceptors (Lipinski definition) is 3. The molecule has 0 saturated heterocycles. The second-order valence-electron chi connectivity index (χ2n) is 5.70. The van der Waals surface area contributed by atoms with Crippen molar-refractivity contribution in [1.82, 2.24) is 15.2 Å². The molecular formula is C18H19N3OS2. The summed E-state index contributed by atoms with van der Waals surface area (Å²) >= 11 is 7.10. The molecule has 2 aromatic heterocycles. The van der Waals surface area contributed by atoms with Crippen LogP contribution in [0.1, 0.15) is 16.0 Å². The van der Waals surface area contributed by atoms with Crippen LogP contribution < -0.4 is 10.9 Å². The van der Waals surface area contributed by atoms with Crippen LogP contribution in [-0.2, 0) is 13.1 Å². The van der Waals surface area contributed by atoms with Crippen molar-refractivity contribution in [3.05, 3.63) is 68.1 Å². The van der Waals surface area contributed by atoms with Crippen LogP contribution >= 0.6 is 23.6 Å². The summed E-state index contributed by atoms with van der Waals surface area (Å²) in [6.45, 7) is 3.17. The van der Waals surface area contributed by atoms with Crippen molar-refractivity contribution in [3.63, 3.8) is 0 Å². The lowest BCUT2D eigenvalue weighted by Crippen LogP contribution is -2.38. The van der Waals surface area contributed by atoms with Gasteiger partial charge in [-0.15, -0.1) is 11.3 Å². The fraction of sp³-hybridized carbons (Fsp3) is 0.222. The highest BCUT2D eigenvalue weighted by Crippen LogP contribution is 2.16. The van der Waals surface area contributed by atoms with E-state index in [1.54, 1.807) is 18.4 Å². The lowest BCUT2D eigenvalue weighted by atomic mass is 10.1. The summed E-state index contributed by atoms with van der Waals surface area (Å²) in [6, 6.07) is 12.1. The molecule has 0 aliphatic carbocycles. The van der Waals surface area contributed by atoms with Crippen LogP contribution in [0.5, 0.6) is 0 Å². The molecule has 0 fully saturated rings. The molecule has 0 amide bonds. The number of thiophene rings is 1. The molecule has 3 rings (SSSR count). The predicted molar refractivity (Wildman–Crippen MR) is 105 cm³/mol. The number of nitrogens with one attached hydrogen (secondary N) is 2. The third kappa shape index (κ3) is 3.66. The van der Waals surface area contributed by atoms with Gasteiger partial charge in [-0.1, -0.05) is 18.2 Å². The van der Waals surface area contributed by atoms with Gasteiger partial charge in [0.15, 0.2) is 5.11 Å². The van der Waals surface area contributed by atoms with Crippen molar-refractivity contribution in [1.29, 1.82) is 0 Å². The molecule has 124 valence electrons. The molecule has 0 saturated carbocycles. The molecule has 0 spiro atoms. The quantitative estimate of drug-likeness (QED) is 0.703. The van der Waals surface area contributed by atoms with Gasteiger partial charge in [-0.25, -0.2) is 0 Å². The number of aromatic amines is 1. The summed E-state index contributed by atoms with van der Waals surface area (Å²) in [7, 11) is 1.80. The zero-order chi connectivity index (χ0) is 17.1. The third-order valence-corrected chi connectivity index (χ3v) is 5.19. The first kappa shape index (κ1) is 16.7. The van der Waals surface area contributed by atoms with Crippen molar-refractivity contribution in [2.45, 2.75) is 20.0 Å². The van der Waals surface area contributed by atoms with Crippen molar-refractivity contribution >= 4 is 39.6 Å².